The van der Waals surface area contributed by atoms with Crippen LogP contribution in [0.2, 0.25) is 0 Å². The predicted octanol–water partition coefficient (Wildman–Crippen LogP) is 3.01. The standard InChI is InChI=1S/C15H13N3/c1-11-4-2-5-12-10-17-8-3-6-13(17)15-16-7-9-18(15)14(11)12/h2-9H,10H2,1H3. The van der Waals surface area contributed by atoms with Gasteiger partial charge in [0.1, 0.15) is 0 Å². The quantitative estimate of drug-likeness (QED) is 0.459. The minimum absolute atomic E-state index is 0.905. The molecule has 18 heavy (non-hydrogen) atoms. The number of imidazole rings is 1. The molecule has 4 rings (SSSR count). The molecule has 0 spiro atoms. The Morgan fingerprint density at radius 3 is 3.00 bits per heavy atom. The van der Waals surface area contributed by atoms with Gasteiger partial charge in [-0.05, 0) is 30.2 Å². The molecule has 0 saturated heterocycles. The Bertz CT molecular complexity index is 734. The number of aromatic nitrogens is 3. The number of aryl methyl sites for hydroxylation is 1. The van der Waals surface area contributed by atoms with E-state index in [0.717, 1.165) is 12.4 Å². The first-order valence-electron chi connectivity index (χ1n) is 6.12. The first-order chi connectivity index (χ1) is 8.84. The van der Waals surface area contributed by atoms with E-state index in [0.29, 0.717) is 0 Å². The van der Waals surface area contributed by atoms with E-state index >= 15 is 0 Å². The molecule has 3 aromatic rings. The van der Waals surface area contributed by atoms with Crippen LogP contribution >= 0.6 is 0 Å². The van der Waals surface area contributed by atoms with Crippen LogP contribution in [0.25, 0.3) is 17.2 Å². The zero-order valence-electron chi connectivity index (χ0n) is 10.2. The lowest BCUT2D eigenvalue weighted by molar-refractivity contribution is 0.817. The van der Waals surface area contributed by atoms with Gasteiger partial charge in [0.15, 0.2) is 5.82 Å². The Morgan fingerprint density at radius 2 is 2.06 bits per heavy atom. The molecule has 0 amide bonds. The minimum Gasteiger partial charge on any atom is -0.340 e. The first-order valence-corrected chi connectivity index (χ1v) is 6.12. The van der Waals surface area contributed by atoms with Crippen LogP contribution < -0.4 is 0 Å². The Labute approximate surface area is 105 Å². The van der Waals surface area contributed by atoms with Crippen molar-refractivity contribution in [3.05, 3.63) is 60.0 Å². The summed E-state index contributed by atoms with van der Waals surface area (Å²) in [6.07, 6.45) is 6.03. The molecule has 0 fully saturated rings. The first kappa shape index (κ1) is 9.71. The summed E-state index contributed by atoms with van der Waals surface area (Å²) in [7, 11) is 0. The molecular formula is C15H13N3. The van der Waals surface area contributed by atoms with E-state index in [1.165, 1.54) is 22.5 Å². The normalized spacial score (nSPS) is 12.5. The lowest BCUT2D eigenvalue weighted by atomic mass is 10.1. The Hall–Kier alpha value is -2.29. The van der Waals surface area contributed by atoms with Crippen LogP contribution in [0.3, 0.4) is 0 Å². The SMILES string of the molecule is Cc1cccc2c1-n1ccnc1-c1cccn1C2. The second-order valence-electron chi connectivity index (χ2n) is 4.72. The van der Waals surface area contributed by atoms with Gasteiger partial charge in [-0.1, -0.05) is 18.2 Å². The van der Waals surface area contributed by atoms with E-state index < -0.39 is 0 Å². The largest absolute Gasteiger partial charge is 0.340 e. The summed E-state index contributed by atoms with van der Waals surface area (Å²) in [6, 6.07) is 10.7. The van der Waals surface area contributed by atoms with Gasteiger partial charge in [0, 0.05) is 25.1 Å². The van der Waals surface area contributed by atoms with Gasteiger partial charge in [-0.2, -0.15) is 0 Å². The fourth-order valence-corrected chi connectivity index (χ4v) is 2.80. The highest BCUT2D eigenvalue weighted by Crippen LogP contribution is 2.31. The molecule has 0 bridgehead atoms. The smallest absolute Gasteiger partial charge is 0.161 e. The maximum Gasteiger partial charge on any atom is 0.161 e. The second kappa shape index (κ2) is 3.35. The lowest BCUT2D eigenvalue weighted by Gasteiger charge is -2.11. The van der Waals surface area contributed by atoms with E-state index in [9.17, 15) is 0 Å². The van der Waals surface area contributed by atoms with Crippen LogP contribution in [0, 0.1) is 6.92 Å². The third-order valence-corrected chi connectivity index (χ3v) is 3.60. The summed E-state index contributed by atoms with van der Waals surface area (Å²) < 4.78 is 4.45. The van der Waals surface area contributed by atoms with Crippen molar-refractivity contribution in [2.45, 2.75) is 13.5 Å². The van der Waals surface area contributed by atoms with Gasteiger partial charge >= 0.3 is 0 Å². The van der Waals surface area contributed by atoms with Gasteiger partial charge in [0.2, 0.25) is 0 Å². The zero-order chi connectivity index (χ0) is 12.1. The molecule has 0 saturated carbocycles. The molecule has 0 atom stereocenters. The van der Waals surface area contributed by atoms with Crippen molar-refractivity contribution in [1.29, 1.82) is 0 Å². The van der Waals surface area contributed by atoms with E-state index in [1.807, 2.05) is 12.4 Å². The highest BCUT2D eigenvalue weighted by Gasteiger charge is 2.19. The molecule has 1 aliphatic rings. The van der Waals surface area contributed by atoms with E-state index in [-0.39, 0.29) is 0 Å². The third-order valence-electron chi connectivity index (χ3n) is 3.60. The molecule has 0 aliphatic carbocycles. The van der Waals surface area contributed by atoms with Gasteiger partial charge in [-0.15, -0.1) is 0 Å². The molecule has 2 aromatic heterocycles. The molecule has 3 heteroatoms. The Balaban J connectivity index is 2.14. The van der Waals surface area contributed by atoms with E-state index in [2.05, 4.69) is 57.6 Å². The van der Waals surface area contributed by atoms with E-state index in [1.54, 1.807) is 0 Å². The number of nitrogens with zero attached hydrogens (tertiary/aromatic N) is 3. The fourth-order valence-electron chi connectivity index (χ4n) is 2.80. The lowest BCUT2D eigenvalue weighted by Crippen LogP contribution is -2.01. The van der Waals surface area contributed by atoms with Crippen LogP contribution in [0.4, 0.5) is 0 Å². The highest BCUT2D eigenvalue weighted by molar-refractivity contribution is 5.61. The number of hydrogen-bond acceptors (Lipinski definition) is 1. The number of fused-ring (bicyclic) bond motifs is 5. The van der Waals surface area contributed by atoms with Gasteiger partial charge in [0.05, 0.1) is 11.4 Å². The molecular weight excluding hydrogens is 222 g/mol. The van der Waals surface area contributed by atoms with Crippen molar-refractivity contribution in [1.82, 2.24) is 14.1 Å². The molecule has 3 heterocycles. The summed E-state index contributed by atoms with van der Waals surface area (Å²) in [5.41, 5.74) is 5.08. The monoisotopic (exact) mass is 235 g/mol. The van der Waals surface area contributed by atoms with Gasteiger partial charge in [0.25, 0.3) is 0 Å². The summed E-state index contributed by atoms with van der Waals surface area (Å²) in [5.74, 6) is 1.02. The second-order valence-corrected chi connectivity index (χ2v) is 4.72. The summed E-state index contributed by atoms with van der Waals surface area (Å²) in [4.78, 5) is 4.51. The molecule has 1 aromatic carbocycles. The Kier molecular flexibility index (Phi) is 1.81. The number of hydrogen-bond donors (Lipinski definition) is 0. The fraction of sp³-hybridized carbons (Fsp3) is 0.133. The highest BCUT2D eigenvalue weighted by atomic mass is 15.1. The molecule has 0 N–H and O–H groups in total. The molecule has 88 valence electrons. The molecule has 3 nitrogen and oxygen atoms in total. The van der Waals surface area contributed by atoms with Crippen molar-refractivity contribution >= 4 is 0 Å². The zero-order valence-corrected chi connectivity index (χ0v) is 10.2. The topological polar surface area (TPSA) is 22.8 Å². The van der Waals surface area contributed by atoms with Crippen molar-refractivity contribution < 1.29 is 0 Å². The number of para-hydroxylation sites is 1. The average molecular weight is 235 g/mol. The summed E-state index contributed by atoms with van der Waals surface area (Å²) in [5, 5.41) is 0. The van der Waals surface area contributed by atoms with Crippen LogP contribution in [-0.4, -0.2) is 14.1 Å². The summed E-state index contributed by atoms with van der Waals surface area (Å²) in [6.45, 7) is 3.06. The van der Waals surface area contributed by atoms with Crippen LogP contribution in [0.1, 0.15) is 11.1 Å². The van der Waals surface area contributed by atoms with Gasteiger partial charge in [-0.25, -0.2) is 4.98 Å². The van der Waals surface area contributed by atoms with Crippen molar-refractivity contribution in [2.24, 2.45) is 0 Å². The number of benzene rings is 1. The van der Waals surface area contributed by atoms with Crippen LogP contribution in [0.15, 0.2) is 48.9 Å². The van der Waals surface area contributed by atoms with Crippen molar-refractivity contribution in [3.63, 3.8) is 0 Å². The van der Waals surface area contributed by atoms with Crippen LogP contribution in [0.5, 0.6) is 0 Å². The van der Waals surface area contributed by atoms with Crippen LogP contribution in [-0.2, 0) is 6.54 Å². The number of rotatable bonds is 0. The summed E-state index contributed by atoms with van der Waals surface area (Å²) >= 11 is 0. The molecule has 0 radical (unpaired) electrons. The van der Waals surface area contributed by atoms with Gasteiger partial charge < -0.3 is 4.57 Å². The Morgan fingerprint density at radius 1 is 1.11 bits per heavy atom. The predicted molar refractivity (Wildman–Crippen MR) is 70.8 cm³/mol. The van der Waals surface area contributed by atoms with Crippen molar-refractivity contribution in [3.8, 4) is 17.2 Å². The average Bonchev–Trinajstić information content (AvgIpc) is 2.96. The maximum atomic E-state index is 4.51. The van der Waals surface area contributed by atoms with Crippen molar-refractivity contribution in [2.75, 3.05) is 0 Å². The maximum absolute atomic E-state index is 4.51. The minimum atomic E-state index is 0.905. The third kappa shape index (κ3) is 1.16. The van der Waals surface area contributed by atoms with Gasteiger partial charge in [-0.3, -0.25) is 4.57 Å². The molecule has 0 unspecified atom stereocenters. The molecule has 1 aliphatic heterocycles. The van der Waals surface area contributed by atoms with E-state index in [4.69, 9.17) is 0 Å².